The lowest BCUT2D eigenvalue weighted by Crippen LogP contribution is -2.41. The normalized spacial score (nSPS) is 21.2. The van der Waals surface area contributed by atoms with Crippen molar-refractivity contribution in [3.63, 3.8) is 0 Å². The van der Waals surface area contributed by atoms with Gasteiger partial charge in [-0.1, -0.05) is 56.8 Å². The summed E-state index contributed by atoms with van der Waals surface area (Å²) in [5.74, 6) is 1.63. The van der Waals surface area contributed by atoms with Crippen LogP contribution in [0.4, 0.5) is 0 Å². The molecule has 1 aromatic carbocycles. The van der Waals surface area contributed by atoms with Crippen LogP contribution >= 0.6 is 23.1 Å². The number of hydrogen-bond donors (Lipinski definition) is 1. The van der Waals surface area contributed by atoms with Crippen molar-refractivity contribution in [1.29, 1.82) is 0 Å². The van der Waals surface area contributed by atoms with Crippen LogP contribution in [0, 0.1) is 12.8 Å². The van der Waals surface area contributed by atoms with Crippen LogP contribution in [-0.2, 0) is 11.2 Å². The molecule has 2 aliphatic heterocycles. The molecule has 1 saturated heterocycles. The Morgan fingerprint density at radius 3 is 2.54 bits per heavy atom. The van der Waals surface area contributed by atoms with E-state index in [1.54, 1.807) is 16.3 Å². The zero-order valence-electron chi connectivity index (χ0n) is 16.6. The second-order valence-electron chi connectivity index (χ2n) is 7.76. The minimum absolute atomic E-state index is 0.000663. The number of aryl methyl sites for hydroxylation is 1. The van der Waals surface area contributed by atoms with E-state index >= 15 is 0 Å². The van der Waals surface area contributed by atoms with Crippen LogP contribution in [0.1, 0.15) is 47.6 Å². The van der Waals surface area contributed by atoms with Crippen LogP contribution in [-0.4, -0.2) is 22.2 Å². The molecule has 0 saturated carbocycles. The van der Waals surface area contributed by atoms with Crippen LogP contribution in [0.25, 0.3) is 6.08 Å². The molecule has 1 aromatic heterocycles. The van der Waals surface area contributed by atoms with Crippen molar-refractivity contribution < 1.29 is 4.79 Å². The third kappa shape index (κ3) is 3.89. The molecule has 0 aliphatic carbocycles. The fourth-order valence-electron chi connectivity index (χ4n) is 3.43. The Kier molecular flexibility index (Phi) is 5.34. The number of thioether (sulfide) groups is 1. The minimum Gasteiger partial charge on any atom is -0.279 e. The summed E-state index contributed by atoms with van der Waals surface area (Å²) in [6, 6.07) is 12.9. The molecule has 28 heavy (non-hydrogen) atoms. The number of fused-ring (bicyclic) bond motifs is 1. The lowest BCUT2D eigenvalue weighted by Gasteiger charge is -2.17. The molecule has 2 atom stereocenters. The van der Waals surface area contributed by atoms with E-state index in [-0.39, 0.29) is 17.3 Å². The van der Waals surface area contributed by atoms with E-state index in [0.717, 1.165) is 22.0 Å². The predicted octanol–water partition coefficient (Wildman–Crippen LogP) is 5.18. The summed E-state index contributed by atoms with van der Waals surface area (Å²) < 4.78 is 0. The molecule has 1 amide bonds. The van der Waals surface area contributed by atoms with Crippen molar-refractivity contribution in [2.45, 2.75) is 45.5 Å². The van der Waals surface area contributed by atoms with Crippen LogP contribution in [0.15, 0.2) is 46.3 Å². The molecule has 146 valence electrons. The average molecular weight is 412 g/mol. The molecule has 2 aliphatic rings. The molecule has 4 rings (SSSR count). The van der Waals surface area contributed by atoms with E-state index in [0.29, 0.717) is 5.92 Å². The topological polar surface area (TPSA) is 44.7 Å². The monoisotopic (exact) mass is 411 g/mol. The van der Waals surface area contributed by atoms with E-state index in [1.165, 1.54) is 27.8 Å². The fourth-order valence-corrected chi connectivity index (χ4v) is 5.37. The van der Waals surface area contributed by atoms with Crippen molar-refractivity contribution >= 4 is 40.9 Å². The zero-order valence-corrected chi connectivity index (χ0v) is 18.2. The van der Waals surface area contributed by atoms with Crippen LogP contribution in [0.5, 0.6) is 0 Å². The molecule has 1 fully saturated rings. The van der Waals surface area contributed by atoms with E-state index in [2.05, 4.69) is 69.5 Å². The van der Waals surface area contributed by atoms with Crippen molar-refractivity contribution in [1.82, 2.24) is 10.4 Å². The van der Waals surface area contributed by atoms with Gasteiger partial charge in [-0.05, 0) is 48.6 Å². The number of carbonyl (C=O) groups excluding carboxylic acids is 1. The Morgan fingerprint density at radius 1 is 1.18 bits per heavy atom. The van der Waals surface area contributed by atoms with Gasteiger partial charge in [0.1, 0.15) is 5.84 Å². The molecular formula is C22H25N3OS2. The Balaban J connectivity index is 1.47. The third-order valence-corrected chi connectivity index (χ3v) is 6.96. The largest absolute Gasteiger partial charge is 0.281 e. The first kappa shape index (κ1) is 19.3. The predicted molar refractivity (Wildman–Crippen MR) is 119 cm³/mol. The smallest absolute Gasteiger partial charge is 0.279 e. The summed E-state index contributed by atoms with van der Waals surface area (Å²) >= 11 is 3.21. The number of amidine groups is 1. The van der Waals surface area contributed by atoms with Gasteiger partial charge in [-0.25, -0.2) is 10.0 Å². The molecule has 0 spiro atoms. The summed E-state index contributed by atoms with van der Waals surface area (Å²) in [7, 11) is 0. The van der Waals surface area contributed by atoms with Gasteiger partial charge in [0.25, 0.3) is 5.91 Å². The summed E-state index contributed by atoms with van der Waals surface area (Å²) in [5.41, 5.74) is 5.60. The van der Waals surface area contributed by atoms with E-state index in [9.17, 15) is 4.79 Å². The highest BCUT2D eigenvalue weighted by Crippen LogP contribution is 2.39. The number of nitrogens with one attached hydrogen (secondary N) is 1. The number of aliphatic imine (C=N–C) groups is 1. The van der Waals surface area contributed by atoms with Crippen molar-refractivity contribution in [2.24, 2.45) is 10.9 Å². The van der Waals surface area contributed by atoms with Gasteiger partial charge in [0.05, 0.1) is 4.91 Å². The Bertz CT molecular complexity index is 943. The fraction of sp³-hybridized carbons (Fsp3) is 0.364. The summed E-state index contributed by atoms with van der Waals surface area (Å²) in [6.45, 7) is 8.67. The van der Waals surface area contributed by atoms with Gasteiger partial charge in [-0.15, -0.1) is 11.3 Å². The van der Waals surface area contributed by atoms with Crippen molar-refractivity contribution in [3.8, 4) is 0 Å². The highest BCUT2D eigenvalue weighted by molar-refractivity contribution is 8.05. The lowest BCUT2D eigenvalue weighted by molar-refractivity contribution is -0.127. The highest BCUT2D eigenvalue weighted by atomic mass is 32.2. The van der Waals surface area contributed by atoms with Crippen LogP contribution < -0.4 is 5.43 Å². The Hall–Kier alpha value is -2.05. The third-order valence-electron chi connectivity index (χ3n) is 4.94. The first-order chi connectivity index (χ1) is 13.4. The van der Waals surface area contributed by atoms with Gasteiger partial charge in [-0.3, -0.25) is 10.2 Å². The molecule has 2 aromatic rings. The summed E-state index contributed by atoms with van der Waals surface area (Å²) in [4.78, 5) is 20.6. The SMILES string of the molecule is Cc1ccc(/C=C2/SC3N=C(C(C)c4ccc(CC(C)C)cc4)NN3C2=O)s1. The van der Waals surface area contributed by atoms with Crippen molar-refractivity contribution in [2.75, 3.05) is 0 Å². The molecule has 0 bridgehead atoms. The van der Waals surface area contributed by atoms with E-state index in [1.807, 2.05) is 6.08 Å². The maximum atomic E-state index is 12.8. The van der Waals surface area contributed by atoms with Gasteiger partial charge >= 0.3 is 0 Å². The number of rotatable bonds is 5. The number of amides is 1. The van der Waals surface area contributed by atoms with Gasteiger partial charge in [0.15, 0.2) is 5.50 Å². The quantitative estimate of drug-likeness (QED) is 0.690. The number of hydrazine groups is 1. The molecule has 0 radical (unpaired) electrons. The second-order valence-corrected chi connectivity index (χ2v) is 10.2. The zero-order chi connectivity index (χ0) is 19.8. The average Bonchev–Trinajstić information content (AvgIpc) is 3.32. The summed E-state index contributed by atoms with van der Waals surface area (Å²) in [5, 5.41) is 1.65. The minimum atomic E-state index is -0.211. The number of benzene rings is 1. The van der Waals surface area contributed by atoms with E-state index < -0.39 is 0 Å². The first-order valence-corrected chi connectivity index (χ1v) is 11.3. The number of carbonyl (C=O) groups is 1. The van der Waals surface area contributed by atoms with Gasteiger partial charge < -0.3 is 0 Å². The van der Waals surface area contributed by atoms with Gasteiger partial charge in [0, 0.05) is 15.7 Å². The Morgan fingerprint density at radius 2 is 1.93 bits per heavy atom. The first-order valence-electron chi connectivity index (χ1n) is 9.62. The molecule has 3 heterocycles. The Labute approximate surface area is 174 Å². The van der Waals surface area contributed by atoms with Crippen LogP contribution in [0.3, 0.4) is 0 Å². The number of nitrogens with zero attached hydrogens (tertiary/aromatic N) is 2. The maximum Gasteiger partial charge on any atom is 0.281 e. The van der Waals surface area contributed by atoms with Gasteiger partial charge in [0.2, 0.25) is 0 Å². The van der Waals surface area contributed by atoms with Crippen LogP contribution in [0.2, 0.25) is 0 Å². The molecular weight excluding hydrogens is 386 g/mol. The molecule has 4 nitrogen and oxygen atoms in total. The van der Waals surface area contributed by atoms with Crippen molar-refractivity contribution in [3.05, 3.63) is 62.2 Å². The lowest BCUT2D eigenvalue weighted by atomic mass is 9.96. The highest BCUT2D eigenvalue weighted by Gasteiger charge is 2.42. The second kappa shape index (κ2) is 7.76. The maximum absolute atomic E-state index is 12.8. The number of thiophene rings is 1. The van der Waals surface area contributed by atoms with Gasteiger partial charge in [-0.2, -0.15) is 0 Å². The standard InChI is InChI=1S/C22H25N3OS2/c1-13(2)11-16-6-8-17(9-7-16)15(4)20-23-22-25(24-20)21(26)19(28-22)12-18-10-5-14(3)27-18/h5-10,12-13,15,22H,11H2,1-4H3,(H,23,24)/b19-12+. The van der Waals surface area contributed by atoms with E-state index in [4.69, 9.17) is 4.99 Å². The summed E-state index contributed by atoms with van der Waals surface area (Å²) in [6.07, 6.45) is 3.06. The molecule has 2 unspecified atom stereocenters. The number of hydrogen-bond acceptors (Lipinski definition) is 5. The molecule has 1 N–H and O–H groups in total. The molecule has 6 heteroatoms.